The fraction of sp³-hybridized carbons (Fsp3) is 0.167. The molecule has 0 spiro atoms. The van der Waals surface area contributed by atoms with Gasteiger partial charge < -0.3 is 14.8 Å². The molecule has 2 aromatic heterocycles. The fourth-order valence-corrected chi connectivity index (χ4v) is 2.90. The summed E-state index contributed by atoms with van der Waals surface area (Å²) in [5.41, 5.74) is 1.50. The van der Waals surface area contributed by atoms with Crippen LogP contribution in [0.5, 0.6) is 11.5 Å². The summed E-state index contributed by atoms with van der Waals surface area (Å²) < 4.78 is 25.6. The molecule has 0 saturated heterocycles. The number of aromatic nitrogens is 3. The van der Waals surface area contributed by atoms with E-state index in [2.05, 4.69) is 10.4 Å². The number of halogens is 1. The van der Waals surface area contributed by atoms with Crippen molar-refractivity contribution in [2.24, 2.45) is 7.05 Å². The third-order valence-electron chi connectivity index (χ3n) is 4.13. The highest BCUT2D eigenvalue weighted by molar-refractivity contribution is 5.97. The molecular formula is C18H15FN4O4. The van der Waals surface area contributed by atoms with Crippen LogP contribution in [0.2, 0.25) is 0 Å². The first-order valence-electron chi connectivity index (χ1n) is 8.07. The van der Waals surface area contributed by atoms with Crippen molar-refractivity contribution in [1.82, 2.24) is 14.3 Å². The quantitative estimate of drug-likeness (QED) is 0.758. The van der Waals surface area contributed by atoms with Gasteiger partial charge in [-0.2, -0.15) is 5.10 Å². The zero-order chi connectivity index (χ0) is 19.0. The lowest BCUT2D eigenvalue weighted by Crippen LogP contribution is -2.33. The molecule has 0 atom stereocenters. The molecule has 0 saturated carbocycles. The van der Waals surface area contributed by atoms with Gasteiger partial charge in [0.2, 0.25) is 6.86 Å². The van der Waals surface area contributed by atoms with Crippen LogP contribution in [-0.4, -0.2) is 33.7 Å². The summed E-state index contributed by atoms with van der Waals surface area (Å²) >= 11 is 0. The van der Waals surface area contributed by atoms with Gasteiger partial charge in [0.25, 0.3) is 11.5 Å². The largest absolute Gasteiger partial charge is 0.481 e. The van der Waals surface area contributed by atoms with Crippen molar-refractivity contribution in [2.75, 3.05) is 18.8 Å². The van der Waals surface area contributed by atoms with Crippen molar-refractivity contribution in [3.8, 4) is 28.3 Å². The number of hydrogen-bond donors (Lipinski definition) is 1. The summed E-state index contributed by atoms with van der Waals surface area (Å²) in [6, 6.07) is 6.36. The van der Waals surface area contributed by atoms with Crippen molar-refractivity contribution in [3.63, 3.8) is 0 Å². The Morgan fingerprint density at radius 1 is 1.26 bits per heavy atom. The Bertz CT molecular complexity index is 1070. The lowest BCUT2D eigenvalue weighted by atomic mass is 10.1. The lowest BCUT2D eigenvalue weighted by molar-refractivity contribution is -0.118. The molecule has 1 aliphatic rings. The van der Waals surface area contributed by atoms with E-state index < -0.39 is 18.3 Å². The van der Waals surface area contributed by atoms with E-state index in [9.17, 15) is 14.0 Å². The Hall–Kier alpha value is -3.62. The van der Waals surface area contributed by atoms with E-state index in [1.54, 1.807) is 54.6 Å². The first kappa shape index (κ1) is 16.8. The highest BCUT2D eigenvalue weighted by Crippen LogP contribution is 2.36. The van der Waals surface area contributed by atoms with E-state index in [1.807, 2.05) is 0 Å². The van der Waals surface area contributed by atoms with Gasteiger partial charge in [-0.1, -0.05) is 0 Å². The number of carbonyl (C=O) groups is 1. The maximum Gasteiger partial charge on any atom is 0.282 e. The van der Waals surface area contributed by atoms with Gasteiger partial charge >= 0.3 is 0 Å². The van der Waals surface area contributed by atoms with Crippen molar-refractivity contribution < 1.29 is 18.7 Å². The molecule has 0 unspecified atom stereocenters. The second-order valence-electron chi connectivity index (χ2n) is 5.91. The van der Waals surface area contributed by atoms with Gasteiger partial charge in [-0.05, 0) is 24.3 Å². The van der Waals surface area contributed by atoms with Crippen LogP contribution in [0.25, 0.3) is 16.8 Å². The minimum Gasteiger partial charge on any atom is -0.481 e. The Morgan fingerprint density at radius 2 is 2.04 bits per heavy atom. The molecule has 0 bridgehead atoms. The van der Waals surface area contributed by atoms with Crippen LogP contribution in [-0.2, 0) is 11.8 Å². The molecule has 1 amide bonds. The van der Waals surface area contributed by atoms with Crippen molar-refractivity contribution >= 4 is 11.6 Å². The standard InChI is InChI=1S/C18H15FN4O4/c1-22-7-11(6-20-22)14-8-23(12-2-4-13(5-3-12)27-10-19)18(25)16-17(14)26-9-15(24)21-16/h2-8H,9-10H2,1H3,(H,21,24). The number of ether oxygens (including phenoxy) is 2. The molecule has 9 heteroatoms. The number of benzene rings is 1. The summed E-state index contributed by atoms with van der Waals surface area (Å²) in [6.45, 7) is -1.11. The minimum absolute atomic E-state index is 0.0664. The number of nitrogens with one attached hydrogen (secondary N) is 1. The summed E-state index contributed by atoms with van der Waals surface area (Å²) in [6.07, 6.45) is 5.05. The number of aryl methyl sites for hydroxylation is 1. The number of amides is 1. The molecule has 1 N–H and O–H groups in total. The van der Waals surface area contributed by atoms with E-state index in [4.69, 9.17) is 9.47 Å². The molecule has 0 radical (unpaired) electrons. The number of fused-ring (bicyclic) bond motifs is 1. The van der Waals surface area contributed by atoms with Crippen molar-refractivity contribution in [3.05, 3.63) is 53.2 Å². The minimum atomic E-state index is -0.938. The van der Waals surface area contributed by atoms with Gasteiger partial charge in [-0.25, -0.2) is 4.39 Å². The van der Waals surface area contributed by atoms with Crippen LogP contribution in [0.4, 0.5) is 10.1 Å². The zero-order valence-electron chi connectivity index (χ0n) is 14.3. The van der Waals surface area contributed by atoms with Crippen LogP contribution in [0, 0.1) is 0 Å². The summed E-state index contributed by atoms with van der Waals surface area (Å²) in [4.78, 5) is 24.7. The first-order chi connectivity index (χ1) is 13.1. The number of hydrogen-bond acceptors (Lipinski definition) is 5. The first-order valence-corrected chi connectivity index (χ1v) is 8.07. The Kier molecular flexibility index (Phi) is 4.11. The van der Waals surface area contributed by atoms with Crippen LogP contribution in [0.15, 0.2) is 47.7 Å². The Morgan fingerprint density at radius 3 is 2.70 bits per heavy atom. The smallest absolute Gasteiger partial charge is 0.282 e. The summed E-state index contributed by atoms with van der Waals surface area (Å²) in [7, 11) is 1.78. The second-order valence-corrected chi connectivity index (χ2v) is 5.91. The monoisotopic (exact) mass is 370 g/mol. The van der Waals surface area contributed by atoms with E-state index >= 15 is 0 Å². The number of alkyl halides is 1. The molecule has 0 aliphatic carbocycles. The highest BCUT2D eigenvalue weighted by Gasteiger charge is 2.26. The number of rotatable bonds is 4. The molecule has 4 rings (SSSR count). The fourth-order valence-electron chi connectivity index (χ4n) is 2.90. The van der Waals surface area contributed by atoms with Gasteiger partial charge in [0, 0.05) is 36.3 Å². The molecule has 27 heavy (non-hydrogen) atoms. The zero-order valence-corrected chi connectivity index (χ0v) is 14.3. The molecule has 138 valence electrons. The van der Waals surface area contributed by atoms with Gasteiger partial charge in [-0.3, -0.25) is 18.8 Å². The van der Waals surface area contributed by atoms with Crippen LogP contribution in [0.3, 0.4) is 0 Å². The summed E-state index contributed by atoms with van der Waals surface area (Å²) in [5, 5.41) is 6.74. The number of anilines is 1. The van der Waals surface area contributed by atoms with Gasteiger partial charge in [0.05, 0.1) is 6.20 Å². The lowest BCUT2D eigenvalue weighted by Gasteiger charge is -2.21. The molecule has 3 aromatic rings. The highest BCUT2D eigenvalue weighted by atomic mass is 19.1. The maximum atomic E-state index is 12.9. The second kappa shape index (κ2) is 6.60. The van der Waals surface area contributed by atoms with Gasteiger partial charge in [0.15, 0.2) is 18.0 Å². The predicted octanol–water partition coefficient (Wildman–Crippen LogP) is 1.87. The van der Waals surface area contributed by atoms with Crippen LogP contribution >= 0.6 is 0 Å². The molecule has 3 heterocycles. The number of pyridine rings is 1. The van der Waals surface area contributed by atoms with Crippen LogP contribution in [0.1, 0.15) is 0 Å². The SMILES string of the molecule is Cn1cc(-c2cn(-c3ccc(OCF)cc3)c(=O)c3c2OCC(=O)N3)cn1. The maximum absolute atomic E-state index is 12.9. The Labute approximate surface area is 152 Å². The van der Waals surface area contributed by atoms with Gasteiger partial charge in [-0.15, -0.1) is 0 Å². The van der Waals surface area contributed by atoms with Crippen LogP contribution < -0.4 is 20.3 Å². The molecule has 8 nitrogen and oxygen atoms in total. The number of nitrogens with zero attached hydrogens (tertiary/aromatic N) is 3. The topological polar surface area (TPSA) is 87.4 Å². The number of carbonyl (C=O) groups excluding carboxylic acids is 1. The van der Waals surface area contributed by atoms with Gasteiger partial charge in [0.1, 0.15) is 5.75 Å². The molecular weight excluding hydrogens is 355 g/mol. The third kappa shape index (κ3) is 3.03. The van der Waals surface area contributed by atoms with E-state index in [0.717, 1.165) is 5.56 Å². The van der Waals surface area contributed by atoms with Crippen molar-refractivity contribution in [2.45, 2.75) is 0 Å². The van der Waals surface area contributed by atoms with E-state index in [-0.39, 0.29) is 12.3 Å². The summed E-state index contributed by atoms with van der Waals surface area (Å²) in [5.74, 6) is 0.249. The van der Waals surface area contributed by atoms with E-state index in [0.29, 0.717) is 22.7 Å². The predicted molar refractivity (Wildman–Crippen MR) is 95.0 cm³/mol. The van der Waals surface area contributed by atoms with Crippen molar-refractivity contribution in [1.29, 1.82) is 0 Å². The normalized spacial score (nSPS) is 12.9. The molecule has 1 aromatic carbocycles. The third-order valence-corrected chi connectivity index (χ3v) is 4.13. The average molecular weight is 370 g/mol. The Balaban J connectivity index is 1.90. The molecule has 1 aliphatic heterocycles. The average Bonchev–Trinajstić information content (AvgIpc) is 3.10. The molecule has 0 fully saturated rings. The van der Waals surface area contributed by atoms with E-state index in [1.165, 1.54) is 4.57 Å².